The summed E-state index contributed by atoms with van der Waals surface area (Å²) in [5.41, 5.74) is 5.74. The number of furan rings is 1. The molecular formula is C9H13NO3. The Morgan fingerprint density at radius 3 is 3.00 bits per heavy atom. The summed E-state index contributed by atoms with van der Waals surface area (Å²) in [4.78, 5) is 10.2. The Kier molecular flexibility index (Phi) is 3.52. The third-order valence-corrected chi connectivity index (χ3v) is 1.81. The lowest BCUT2D eigenvalue weighted by atomic mass is 10.1. The van der Waals surface area contributed by atoms with E-state index in [2.05, 4.69) is 0 Å². The molecule has 0 fully saturated rings. The van der Waals surface area contributed by atoms with E-state index in [-0.39, 0.29) is 12.5 Å². The largest absolute Gasteiger partial charge is 0.481 e. The average Bonchev–Trinajstić information content (AvgIpc) is 2.55. The van der Waals surface area contributed by atoms with Crippen LogP contribution in [0, 0.1) is 0 Å². The zero-order valence-corrected chi connectivity index (χ0v) is 7.27. The maximum absolute atomic E-state index is 10.2. The highest BCUT2D eigenvalue weighted by molar-refractivity contribution is 5.66. The number of carbonyl (C=O) groups is 1. The van der Waals surface area contributed by atoms with Crippen LogP contribution in [0.2, 0.25) is 0 Å². The zero-order chi connectivity index (χ0) is 9.68. The van der Waals surface area contributed by atoms with Gasteiger partial charge in [-0.2, -0.15) is 0 Å². The van der Waals surface area contributed by atoms with Crippen molar-refractivity contribution in [1.82, 2.24) is 0 Å². The van der Waals surface area contributed by atoms with Crippen molar-refractivity contribution in [3.8, 4) is 0 Å². The molecule has 0 aliphatic carbocycles. The van der Waals surface area contributed by atoms with Crippen molar-refractivity contribution in [2.45, 2.75) is 25.3 Å². The molecule has 0 spiro atoms. The molecule has 4 nitrogen and oxygen atoms in total. The topological polar surface area (TPSA) is 76.5 Å². The Balaban J connectivity index is 2.26. The van der Waals surface area contributed by atoms with Crippen molar-refractivity contribution in [2.75, 3.05) is 0 Å². The fourth-order valence-corrected chi connectivity index (χ4v) is 1.12. The normalized spacial score (nSPS) is 12.7. The lowest BCUT2D eigenvalue weighted by Gasteiger charge is -2.06. The van der Waals surface area contributed by atoms with Crippen molar-refractivity contribution in [1.29, 1.82) is 0 Å². The second kappa shape index (κ2) is 4.67. The quantitative estimate of drug-likeness (QED) is 0.725. The molecule has 4 heteroatoms. The van der Waals surface area contributed by atoms with Gasteiger partial charge in [-0.25, -0.2) is 0 Å². The van der Waals surface area contributed by atoms with Gasteiger partial charge in [0.05, 0.1) is 12.3 Å². The minimum Gasteiger partial charge on any atom is -0.481 e. The monoisotopic (exact) mass is 183 g/mol. The first-order valence-corrected chi connectivity index (χ1v) is 4.21. The summed E-state index contributed by atoms with van der Waals surface area (Å²) in [6.07, 6.45) is 2.94. The Hall–Kier alpha value is -1.29. The lowest BCUT2D eigenvalue weighted by Crippen LogP contribution is -2.09. The second-order valence-electron chi connectivity index (χ2n) is 2.91. The van der Waals surface area contributed by atoms with E-state index in [0.717, 1.165) is 0 Å². The summed E-state index contributed by atoms with van der Waals surface area (Å²) in [7, 11) is 0. The van der Waals surface area contributed by atoms with Crippen LogP contribution in [0.25, 0.3) is 0 Å². The van der Waals surface area contributed by atoms with Gasteiger partial charge in [-0.3, -0.25) is 4.79 Å². The summed E-state index contributed by atoms with van der Waals surface area (Å²) >= 11 is 0. The van der Waals surface area contributed by atoms with E-state index in [1.54, 1.807) is 18.4 Å². The molecule has 0 saturated heterocycles. The predicted octanol–water partition coefficient (Wildman–Crippen LogP) is 1.53. The molecule has 1 atom stereocenters. The van der Waals surface area contributed by atoms with Crippen LogP contribution in [-0.4, -0.2) is 11.1 Å². The van der Waals surface area contributed by atoms with Gasteiger partial charge in [0.25, 0.3) is 0 Å². The standard InChI is InChI=1S/C9H13NO3/c10-7(3-1-5-9(11)12)8-4-2-6-13-8/h2,4,6-7H,1,3,5,10H2,(H,11,12)/t7-/m0/s1. The molecule has 0 saturated carbocycles. The molecule has 1 heterocycles. The van der Waals surface area contributed by atoms with Gasteiger partial charge in [0.1, 0.15) is 5.76 Å². The van der Waals surface area contributed by atoms with E-state index in [9.17, 15) is 4.79 Å². The molecular weight excluding hydrogens is 170 g/mol. The third kappa shape index (κ3) is 3.29. The molecule has 13 heavy (non-hydrogen) atoms. The Bertz CT molecular complexity index is 256. The van der Waals surface area contributed by atoms with Crippen molar-refractivity contribution in [2.24, 2.45) is 5.73 Å². The highest BCUT2D eigenvalue weighted by Crippen LogP contribution is 2.16. The SMILES string of the molecule is N[C@@H](CCCC(=O)O)c1ccco1. The van der Waals surface area contributed by atoms with Gasteiger partial charge < -0.3 is 15.3 Å². The predicted molar refractivity (Wildman–Crippen MR) is 47.1 cm³/mol. The summed E-state index contributed by atoms with van der Waals surface area (Å²) in [5.74, 6) is -0.0722. The molecule has 0 amide bonds. The van der Waals surface area contributed by atoms with E-state index in [1.807, 2.05) is 0 Å². The van der Waals surface area contributed by atoms with Gasteiger partial charge in [-0.15, -0.1) is 0 Å². The van der Waals surface area contributed by atoms with Crippen molar-refractivity contribution in [3.63, 3.8) is 0 Å². The minimum absolute atomic E-state index is 0.161. The van der Waals surface area contributed by atoms with E-state index in [1.165, 1.54) is 0 Å². The first kappa shape index (κ1) is 9.80. The molecule has 0 aliphatic rings. The molecule has 0 unspecified atom stereocenters. The molecule has 1 aromatic heterocycles. The van der Waals surface area contributed by atoms with Crippen LogP contribution in [0.15, 0.2) is 22.8 Å². The maximum Gasteiger partial charge on any atom is 0.303 e. The number of rotatable bonds is 5. The van der Waals surface area contributed by atoms with Gasteiger partial charge in [-0.1, -0.05) is 0 Å². The van der Waals surface area contributed by atoms with E-state index in [4.69, 9.17) is 15.3 Å². The zero-order valence-electron chi connectivity index (χ0n) is 7.27. The Morgan fingerprint density at radius 1 is 1.69 bits per heavy atom. The van der Waals surface area contributed by atoms with Crippen molar-refractivity contribution >= 4 is 5.97 Å². The number of hydrogen-bond donors (Lipinski definition) is 2. The molecule has 1 rings (SSSR count). The summed E-state index contributed by atoms with van der Waals surface area (Å²) in [5, 5.41) is 8.39. The van der Waals surface area contributed by atoms with Crippen LogP contribution in [0.1, 0.15) is 31.1 Å². The number of carboxylic acid groups (broad SMARTS) is 1. The van der Waals surface area contributed by atoms with Crippen molar-refractivity contribution < 1.29 is 14.3 Å². The fourth-order valence-electron chi connectivity index (χ4n) is 1.12. The van der Waals surface area contributed by atoms with Gasteiger partial charge in [-0.05, 0) is 25.0 Å². The third-order valence-electron chi connectivity index (χ3n) is 1.81. The van der Waals surface area contributed by atoms with Crippen LogP contribution < -0.4 is 5.73 Å². The highest BCUT2D eigenvalue weighted by Gasteiger charge is 2.08. The van der Waals surface area contributed by atoms with Crippen LogP contribution >= 0.6 is 0 Å². The second-order valence-corrected chi connectivity index (χ2v) is 2.91. The fraction of sp³-hybridized carbons (Fsp3) is 0.444. The minimum atomic E-state index is -0.786. The smallest absolute Gasteiger partial charge is 0.303 e. The van der Waals surface area contributed by atoms with Gasteiger partial charge in [0.2, 0.25) is 0 Å². The Labute approximate surface area is 76.3 Å². The molecule has 0 radical (unpaired) electrons. The van der Waals surface area contributed by atoms with Gasteiger partial charge >= 0.3 is 5.97 Å². The molecule has 0 aromatic carbocycles. The first-order valence-electron chi connectivity index (χ1n) is 4.21. The molecule has 1 aromatic rings. The highest BCUT2D eigenvalue weighted by atomic mass is 16.4. The summed E-state index contributed by atoms with van der Waals surface area (Å²) in [6.45, 7) is 0. The van der Waals surface area contributed by atoms with Crippen LogP contribution in [-0.2, 0) is 4.79 Å². The van der Waals surface area contributed by atoms with E-state index in [0.29, 0.717) is 18.6 Å². The van der Waals surface area contributed by atoms with Gasteiger partial charge in [0, 0.05) is 6.42 Å². The Morgan fingerprint density at radius 2 is 2.46 bits per heavy atom. The molecule has 72 valence electrons. The van der Waals surface area contributed by atoms with Crippen molar-refractivity contribution in [3.05, 3.63) is 24.2 Å². The number of hydrogen-bond acceptors (Lipinski definition) is 3. The van der Waals surface area contributed by atoms with E-state index >= 15 is 0 Å². The first-order chi connectivity index (χ1) is 6.20. The number of carboxylic acids is 1. The summed E-state index contributed by atoms with van der Waals surface area (Å²) in [6, 6.07) is 3.38. The van der Waals surface area contributed by atoms with Crippen LogP contribution in [0.3, 0.4) is 0 Å². The molecule has 0 aliphatic heterocycles. The van der Waals surface area contributed by atoms with Crippen LogP contribution in [0.5, 0.6) is 0 Å². The van der Waals surface area contributed by atoms with Gasteiger partial charge in [0.15, 0.2) is 0 Å². The lowest BCUT2D eigenvalue weighted by molar-refractivity contribution is -0.137. The van der Waals surface area contributed by atoms with E-state index < -0.39 is 5.97 Å². The maximum atomic E-state index is 10.2. The molecule has 3 N–H and O–H groups in total. The molecule has 0 bridgehead atoms. The average molecular weight is 183 g/mol. The summed E-state index contributed by atoms with van der Waals surface area (Å²) < 4.78 is 5.08. The number of aliphatic carboxylic acids is 1. The number of nitrogens with two attached hydrogens (primary N) is 1. The van der Waals surface area contributed by atoms with Crippen LogP contribution in [0.4, 0.5) is 0 Å².